The van der Waals surface area contributed by atoms with Crippen molar-refractivity contribution in [1.29, 1.82) is 5.26 Å². The number of hydrogen-bond acceptors (Lipinski definition) is 3. The smallest absolute Gasteiger partial charge is 0.221 e. The predicted octanol–water partition coefficient (Wildman–Crippen LogP) is 1.55. The minimum atomic E-state index is -0.750. The number of methoxy groups -OCH3 is 1. The summed E-state index contributed by atoms with van der Waals surface area (Å²) in [7, 11) is 1.31. The normalized spacial score (nSPS) is 9.67. The van der Waals surface area contributed by atoms with Crippen molar-refractivity contribution >= 4 is 5.91 Å². The molecule has 0 aliphatic carbocycles. The number of nitrogens with zero attached hydrogens (tertiary/aromatic N) is 1. The molecule has 1 N–H and O–H groups in total. The Labute approximate surface area is 103 Å². The molecular weight excluding hydrogens is 242 g/mol. The zero-order valence-electron chi connectivity index (χ0n) is 9.80. The molecule has 0 spiro atoms. The van der Waals surface area contributed by atoms with Gasteiger partial charge in [-0.2, -0.15) is 5.26 Å². The van der Waals surface area contributed by atoms with E-state index in [2.05, 4.69) is 5.32 Å². The predicted molar refractivity (Wildman–Crippen MR) is 59.9 cm³/mol. The Morgan fingerprint density at radius 2 is 2.06 bits per heavy atom. The maximum atomic E-state index is 13.5. The average Bonchev–Trinajstić information content (AvgIpc) is 2.34. The van der Waals surface area contributed by atoms with E-state index < -0.39 is 17.5 Å². The van der Waals surface area contributed by atoms with E-state index in [1.54, 1.807) is 6.07 Å². The Kier molecular flexibility index (Phi) is 5.06. The summed E-state index contributed by atoms with van der Waals surface area (Å²) >= 11 is 0. The van der Waals surface area contributed by atoms with Gasteiger partial charge < -0.3 is 10.1 Å². The molecule has 96 valence electrons. The van der Waals surface area contributed by atoms with Crippen LogP contribution in [-0.2, 0) is 11.2 Å². The van der Waals surface area contributed by atoms with E-state index in [4.69, 9.17) is 10.00 Å². The van der Waals surface area contributed by atoms with Gasteiger partial charge in [-0.1, -0.05) is 0 Å². The number of rotatable bonds is 5. The lowest BCUT2D eigenvalue weighted by Crippen LogP contribution is -2.23. The lowest BCUT2D eigenvalue weighted by atomic mass is 10.1. The molecule has 0 fully saturated rings. The van der Waals surface area contributed by atoms with Crippen LogP contribution in [0.2, 0.25) is 0 Å². The standard InChI is InChI=1S/C12H12F2N2O2/c1-18-8-6-10(13)9(11(14)7-8)2-3-12(17)16-5-4-15/h6-7H,2-3,5H2,1H3,(H,16,17). The first-order valence-electron chi connectivity index (χ1n) is 5.24. The van der Waals surface area contributed by atoms with Crippen molar-refractivity contribution in [2.75, 3.05) is 13.7 Å². The highest BCUT2D eigenvalue weighted by atomic mass is 19.1. The van der Waals surface area contributed by atoms with E-state index in [-0.39, 0.29) is 30.7 Å². The minimum Gasteiger partial charge on any atom is -0.497 e. The second-order valence-corrected chi connectivity index (χ2v) is 3.50. The van der Waals surface area contributed by atoms with Crippen molar-refractivity contribution in [3.8, 4) is 11.8 Å². The Balaban J connectivity index is 2.68. The van der Waals surface area contributed by atoms with Gasteiger partial charge in [0.1, 0.15) is 23.9 Å². The summed E-state index contributed by atoms with van der Waals surface area (Å²) in [6.45, 7) is -0.119. The van der Waals surface area contributed by atoms with Gasteiger partial charge in [-0.25, -0.2) is 8.78 Å². The number of benzene rings is 1. The van der Waals surface area contributed by atoms with Crippen LogP contribution in [0.1, 0.15) is 12.0 Å². The number of nitrogens with one attached hydrogen (secondary N) is 1. The third kappa shape index (κ3) is 3.70. The number of halogens is 2. The summed E-state index contributed by atoms with van der Waals surface area (Å²) in [5.74, 6) is -1.84. The van der Waals surface area contributed by atoms with Gasteiger partial charge >= 0.3 is 0 Å². The second-order valence-electron chi connectivity index (χ2n) is 3.50. The first-order valence-corrected chi connectivity index (χ1v) is 5.24. The van der Waals surface area contributed by atoms with Crippen LogP contribution in [0.3, 0.4) is 0 Å². The van der Waals surface area contributed by atoms with E-state index in [1.165, 1.54) is 7.11 Å². The highest BCUT2D eigenvalue weighted by Gasteiger charge is 2.13. The topological polar surface area (TPSA) is 62.1 Å². The van der Waals surface area contributed by atoms with Gasteiger partial charge in [-0.05, 0) is 6.42 Å². The molecule has 1 aromatic carbocycles. The molecule has 1 amide bonds. The molecule has 18 heavy (non-hydrogen) atoms. The van der Waals surface area contributed by atoms with E-state index >= 15 is 0 Å². The van der Waals surface area contributed by atoms with Crippen LogP contribution < -0.4 is 10.1 Å². The lowest BCUT2D eigenvalue weighted by molar-refractivity contribution is -0.120. The van der Waals surface area contributed by atoms with E-state index in [9.17, 15) is 13.6 Å². The molecule has 0 aromatic heterocycles. The van der Waals surface area contributed by atoms with Crippen molar-refractivity contribution in [3.05, 3.63) is 29.3 Å². The van der Waals surface area contributed by atoms with Gasteiger partial charge in [0.05, 0.1) is 13.2 Å². The highest BCUT2D eigenvalue weighted by molar-refractivity contribution is 5.76. The second kappa shape index (κ2) is 6.55. The molecule has 0 unspecified atom stereocenters. The number of hydrogen-bond donors (Lipinski definition) is 1. The summed E-state index contributed by atoms with van der Waals surface area (Å²) in [5.41, 5.74) is -0.164. The SMILES string of the molecule is COc1cc(F)c(CCC(=O)NCC#N)c(F)c1. The largest absolute Gasteiger partial charge is 0.497 e. The highest BCUT2D eigenvalue weighted by Crippen LogP contribution is 2.21. The van der Waals surface area contributed by atoms with Crippen LogP contribution in [0, 0.1) is 23.0 Å². The van der Waals surface area contributed by atoms with Crippen LogP contribution in [0.25, 0.3) is 0 Å². The Hall–Kier alpha value is -2.16. The molecule has 0 aliphatic heterocycles. The molecule has 6 heteroatoms. The Morgan fingerprint density at radius 1 is 1.44 bits per heavy atom. The maximum absolute atomic E-state index is 13.5. The monoisotopic (exact) mass is 254 g/mol. The first-order chi connectivity index (χ1) is 8.58. The number of ether oxygens (including phenoxy) is 1. The molecule has 0 heterocycles. The molecule has 0 saturated heterocycles. The minimum absolute atomic E-state index is 0.0705. The third-order valence-electron chi connectivity index (χ3n) is 2.32. The zero-order valence-corrected chi connectivity index (χ0v) is 9.80. The van der Waals surface area contributed by atoms with Crippen LogP contribution in [0.5, 0.6) is 5.75 Å². The third-order valence-corrected chi connectivity index (χ3v) is 2.32. The van der Waals surface area contributed by atoms with Crippen molar-refractivity contribution < 1.29 is 18.3 Å². The molecule has 4 nitrogen and oxygen atoms in total. The van der Waals surface area contributed by atoms with Crippen molar-refractivity contribution in [3.63, 3.8) is 0 Å². The number of carbonyl (C=O) groups is 1. The molecular formula is C12H12F2N2O2. The summed E-state index contributed by atoms with van der Waals surface area (Å²) in [6.07, 6.45) is -0.152. The molecule has 0 saturated carbocycles. The van der Waals surface area contributed by atoms with E-state index in [1.807, 2.05) is 0 Å². The van der Waals surface area contributed by atoms with Crippen LogP contribution in [-0.4, -0.2) is 19.6 Å². The Bertz CT molecular complexity index is 460. The lowest BCUT2D eigenvalue weighted by Gasteiger charge is -2.07. The molecule has 1 aromatic rings. The summed E-state index contributed by atoms with van der Waals surface area (Å²) < 4.78 is 31.7. The van der Waals surface area contributed by atoms with Crippen LogP contribution >= 0.6 is 0 Å². The molecule has 0 atom stereocenters. The van der Waals surface area contributed by atoms with Gasteiger partial charge in [0.2, 0.25) is 5.91 Å². The summed E-state index contributed by atoms with van der Waals surface area (Å²) in [4.78, 5) is 11.2. The molecule has 0 bridgehead atoms. The average molecular weight is 254 g/mol. The van der Waals surface area contributed by atoms with Crippen molar-refractivity contribution in [1.82, 2.24) is 5.32 Å². The number of amides is 1. The van der Waals surface area contributed by atoms with E-state index in [0.717, 1.165) is 12.1 Å². The maximum Gasteiger partial charge on any atom is 0.221 e. The summed E-state index contributed by atoms with van der Waals surface area (Å²) in [5, 5.41) is 10.5. The fourth-order valence-electron chi connectivity index (χ4n) is 1.40. The van der Waals surface area contributed by atoms with Gasteiger partial charge in [0, 0.05) is 24.1 Å². The van der Waals surface area contributed by atoms with Gasteiger partial charge in [-0.3, -0.25) is 4.79 Å². The summed E-state index contributed by atoms with van der Waals surface area (Å²) in [6, 6.07) is 3.86. The first kappa shape index (κ1) is 13.9. The van der Waals surface area contributed by atoms with Crippen LogP contribution in [0.4, 0.5) is 8.78 Å². The van der Waals surface area contributed by atoms with Gasteiger partial charge in [0.25, 0.3) is 0 Å². The van der Waals surface area contributed by atoms with Crippen molar-refractivity contribution in [2.45, 2.75) is 12.8 Å². The van der Waals surface area contributed by atoms with E-state index in [0.29, 0.717) is 0 Å². The zero-order chi connectivity index (χ0) is 13.5. The molecule has 0 radical (unpaired) electrons. The molecule has 1 rings (SSSR count). The number of carbonyl (C=O) groups excluding carboxylic acids is 1. The van der Waals surface area contributed by atoms with Gasteiger partial charge in [-0.15, -0.1) is 0 Å². The van der Waals surface area contributed by atoms with Crippen LogP contribution in [0.15, 0.2) is 12.1 Å². The van der Waals surface area contributed by atoms with Crippen molar-refractivity contribution in [2.24, 2.45) is 0 Å². The fraction of sp³-hybridized carbons (Fsp3) is 0.333. The quantitative estimate of drug-likeness (QED) is 0.811. The fourth-order valence-corrected chi connectivity index (χ4v) is 1.40. The molecule has 0 aliphatic rings. The number of nitriles is 1. The van der Waals surface area contributed by atoms with Gasteiger partial charge in [0.15, 0.2) is 0 Å². The Morgan fingerprint density at radius 3 is 2.56 bits per heavy atom.